The molecule has 2 aliphatic rings. The molecule has 3 heterocycles. The average molecular weight is 317 g/mol. The number of nitrogens with one attached hydrogen (secondary N) is 1. The number of aryl methyl sites for hydroxylation is 1. The Labute approximate surface area is 138 Å². The third-order valence-corrected chi connectivity index (χ3v) is 4.90. The lowest BCUT2D eigenvalue weighted by Crippen LogP contribution is -2.52. The van der Waals surface area contributed by atoms with E-state index in [-0.39, 0.29) is 11.8 Å². The molecule has 1 atom stereocenters. The quantitative estimate of drug-likeness (QED) is 0.902. The van der Waals surface area contributed by atoms with Crippen LogP contribution in [0.15, 0.2) is 6.20 Å². The van der Waals surface area contributed by atoms with E-state index in [4.69, 9.17) is 0 Å². The van der Waals surface area contributed by atoms with E-state index in [1.165, 1.54) is 6.42 Å². The molecule has 1 aromatic rings. The van der Waals surface area contributed by atoms with Crippen molar-refractivity contribution in [1.82, 2.24) is 25.1 Å². The maximum atomic E-state index is 12.7. The van der Waals surface area contributed by atoms with Crippen molar-refractivity contribution in [3.63, 3.8) is 0 Å². The Morgan fingerprint density at radius 3 is 2.61 bits per heavy atom. The number of rotatable bonds is 3. The van der Waals surface area contributed by atoms with Crippen LogP contribution in [0, 0.1) is 6.92 Å². The van der Waals surface area contributed by atoms with Gasteiger partial charge in [-0.1, -0.05) is 13.8 Å². The topological polar surface area (TPSA) is 61.4 Å². The molecule has 6 heteroatoms. The number of hydrogen-bond donors (Lipinski definition) is 1. The smallest absolute Gasteiger partial charge is 0.257 e. The van der Waals surface area contributed by atoms with Gasteiger partial charge in [0.05, 0.1) is 11.3 Å². The lowest BCUT2D eigenvalue weighted by Gasteiger charge is -2.37. The van der Waals surface area contributed by atoms with E-state index in [1.54, 1.807) is 6.20 Å². The van der Waals surface area contributed by atoms with Crippen LogP contribution >= 0.6 is 0 Å². The van der Waals surface area contributed by atoms with E-state index in [0.717, 1.165) is 50.8 Å². The number of piperazine rings is 1. The first-order valence-corrected chi connectivity index (χ1v) is 8.64. The normalized spacial score (nSPS) is 22.8. The molecule has 126 valence electrons. The summed E-state index contributed by atoms with van der Waals surface area (Å²) in [7, 11) is 0. The summed E-state index contributed by atoms with van der Waals surface area (Å²) in [5, 5.41) is 3.41. The lowest BCUT2D eigenvalue weighted by molar-refractivity contribution is 0.0582. The monoisotopic (exact) mass is 317 g/mol. The number of amides is 1. The van der Waals surface area contributed by atoms with Crippen molar-refractivity contribution < 1.29 is 4.79 Å². The Balaban J connectivity index is 1.63. The molecule has 2 saturated heterocycles. The summed E-state index contributed by atoms with van der Waals surface area (Å²) in [5.74, 6) is 1.15. The van der Waals surface area contributed by atoms with Gasteiger partial charge in [0.1, 0.15) is 5.82 Å². The zero-order valence-corrected chi connectivity index (χ0v) is 14.4. The van der Waals surface area contributed by atoms with Crippen molar-refractivity contribution in [3.05, 3.63) is 23.3 Å². The first-order valence-electron chi connectivity index (χ1n) is 8.64. The minimum atomic E-state index is 0.0713. The van der Waals surface area contributed by atoms with E-state index >= 15 is 0 Å². The van der Waals surface area contributed by atoms with Gasteiger partial charge in [-0.2, -0.15) is 0 Å². The highest BCUT2D eigenvalue weighted by atomic mass is 16.2. The van der Waals surface area contributed by atoms with Gasteiger partial charge in [0, 0.05) is 50.9 Å². The molecule has 2 fully saturated rings. The Bertz CT molecular complexity index is 560. The molecule has 1 N–H and O–H groups in total. The number of aromatic nitrogens is 2. The predicted molar refractivity (Wildman–Crippen MR) is 89.6 cm³/mol. The Morgan fingerprint density at radius 2 is 2.04 bits per heavy atom. The van der Waals surface area contributed by atoms with Crippen molar-refractivity contribution in [2.75, 3.05) is 39.3 Å². The van der Waals surface area contributed by atoms with Crippen molar-refractivity contribution in [2.45, 2.75) is 39.2 Å². The fourth-order valence-corrected chi connectivity index (χ4v) is 3.38. The van der Waals surface area contributed by atoms with Gasteiger partial charge < -0.3 is 10.2 Å². The number of carbonyl (C=O) groups is 1. The highest BCUT2D eigenvalue weighted by molar-refractivity contribution is 5.95. The van der Waals surface area contributed by atoms with Gasteiger partial charge in [-0.15, -0.1) is 0 Å². The van der Waals surface area contributed by atoms with Crippen LogP contribution in [0.1, 0.15) is 48.1 Å². The Morgan fingerprint density at radius 1 is 1.30 bits per heavy atom. The Hall–Kier alpha value is -1.53. The zero-order chi connectivity index (χ0) is 16.4. The fraction of sp³-hybridized carbons (Fsp3) is 0.706. The summed E-state index contributed by atoms with van der Waals surface area (Å²) >= 11 is 0. The van der Waals surface area contributed by atoms with Crippen LogP contribution < -0.4 is 5.32 Å². The number of hydrogen-bond acceptors (Lipinski definition) is 5. The molecule has 3 rings (SSSR count). The molecule has 1 unspecified atom stereocenters. The zero-order valence-electron chi connectivity index (χ0n) is 14.4. The molecule has 0 aromatic carbocycles. The van der Waals surface area contributed by atoms with Gasteiger partial charge in [0.2, 0.25) is 0 Å². The minimum Gasteiger partial charge on any atom is -0.336 e. The van der Waals surface area contributed by atoms with Crippen LogP contribution in [-0.2, 0) is 0 Å². The molecule has 1 aromatic heterocycles. The summed E-state index contributed by atoms with van der Waals surface area (Å²) in [4.78, 5) is 26.0. The highest BCUT2D eigenvalue weighted by Gasteiger charge is 2.28. The average Bonchev–Trinajstić information content (AvgIpc) is 3.08. The maximum Gasteiger partial charge on any atom is 0.257 e. The summed E-state index contributed by atoms with van der Waals surface area (Å²) in [6, 6.07) is 0.641. The van der Waals surface area contributed by atoms with E-state index in [1.807, 2.05) is 11.8 Å². The van der Waals surface area contributed by atoms with Crippen molar-refractivity contribution in [2.24, 2.45) is 0 Å². The molecular formula is C17H27N5O. The molecule has 0 radical (unpaired) electrons. The summed E-state index contributed by atoms with van der Waals surface area (Å²) < 4.78 is 0. The van der Waals surface area contributed by atoms with E-state index < -0.39 is 0 Å². The molecule has 0 aliphatic carbocycles. The SMILES string of the molecule is Cc1nc(C(C)C)ncc1C(=O)N1CCN(C2CCNC2)CC1. The van der Waals surface area contributed by atoms with Crippen molar-refractivity contribution in [3.8, 4) is 0 Å². The second kappa shape index (κ2) is 6.93. The second-order valence-corrected chi connectivity index (χ2v) is 6.86. The van der Waals surface area contributed by atoms with Crippen molar-refractivity contribution in [1.29, 1.82) is 0 Å². The molecular weight excluding hydrogens is 290 g/mol. The number of nitrogens with zero attached hydrogens (tertiary/aromatic N) is 4. The Kier molecular flexibility index (Phi) is 4.92. The van der Waals surface area contributed by atoms with Crippen LogP contribution in [0.3, 0.4) is 0 Å². The number of carbonyl (C=O) groups excluding carboxylic acids is 1. The van der Waals surface area contributed by atoms with Crippen LogP contribution in [0.4, 0.5) is 0 Å². The first kappa shape index (κ1) is 16.3. The molecule has 23 heavy (non-hydrogen) atoms. The highest BCUT2D eigenvalue weighted by Crippen LogP contribution is 2.16. The van der Waals surface area contributed by atoms with E-state index in [2.05, 4.69) is 34.0 Å². The lowest BCUT2D eigenvalue weighted by atomic mass is 10.1. The molecule has 1 amide bonds. The van der Waals surface area contributed by atoms with Gasteiger partial charge in [-0.3, -0.25) is 9.69 Å². The third kappa shape index (κ3) is 3.53. The van der Waals surface area contributed by atoms with Crippen molar-refractivity contribution >= 4 is 5.91 Å². The molecule has 0 saturated carbocycles. The van der Waals surface area contributed by atoms with Crippen LogP contribution in [0.5, 0.6) is 0 Å². The van der Waals surface area contributed by atoms with Gasteiger partial charge in [0.15, 0.2) is 0 Å². The van der Waals surface area contributed by atoms with Gasteiger partial charge in [0.25, 0.3) is 5.91 Å². The van der Waals surface area contributed by atoms with Crippen LogP contribution in [0.2, 0.25) is 0 Å². The summed E-state index contributed by atoms with van der Waals surface area (Å²) in [6.07, 6.45) is 2.92. The maximum absolute atomic E-state index is 12.7. The molecule has 2 aliphatic heterocycles. The third-order valence-electron chi connectivity index (χ3n) is 4.90. The van der Waals surface area contributed by atoms with Gasteiger partial charge in [-0.25, -0.2) is 9.97 Å². The van der Waals surface area contributed by atoms with E-state index in [9.17, 15) is 4.79 Å². The summed E-state index contributed by atoms with van der Waals surface area (Å²) in [6.45, 7) is 11.7. The van der Waals surface area contributed by atoms with Gasteiger partial charge >= 0.3 is 0 Å². The second-order valence-electron chi connectivity index (χ2n) is 6.86. The molecule has 0 bridgehead atoms. The fourth-order valence-electron chi connectivity index (χ4n) is 3.38. The first-order chi connectivity index (χ1) is 11.1. The van der Waals surface area contributed by atoms with Crippen LogP contribution in [0.25, 0.3) is 0 Å². The largest absolute Gasteiger partial charge is 0.336 e. The van der Waals surface area contributed by atoms with Crippen LogP contribution in [-0.4, -0.2) is 71.0 Å². The molecule has 6 nitrogen and oxygen atoms in total. The summed E-state index contributed by atoms with van der Waals surface area (Å²) in [5.41, 5.74) is 1.43. The standard InChI is InChI=1S/C17H27N5O/c1-12(2)16-19-11-15(13(3)20-16)17(23)22-8-6-21(7-9-22)14-4-5-18-10-14/h11-12,14,18H,4-10H2,1-3H3. The molecule has 0 spiro atoms. The van der Waals surface area contributed by atoms with Gasteiger partial charge in [-0.05, 0) is 19.9 Å². The predicted octanol–water partition coefficient (Wildman–Crippen LogP) is 1.03. The minimum absolute atomic E-state index is 0.0713. The van der Waals surface area contributed by atoms with E-state index in [0.29, 0.717) is 11.6 Å².